The third-order valence-corrected chi connectivity index (χ3v) is 4.19. The first kappa shape index (κ1) is 14.1. The zero-order valence-electron chi connectivity index (χ0n) is 9.56. The molecule has 0 bridgehead atoms. The minimum Gasteiger partial charge on any atom is -0.332 e. The monoisotopic (exact) mass is 273 g/mol. The summed E-state index contributed by atoms with van der Waals surface area (Å²) in [5, 5.41) is 0.108. The summed E-state index contributed by atoms with van der Waals surface area (Å²) in [6.45, 7) is 2.26. The lowest BCUT2D eigenvalue weighted by atomic mass is 10.5. The van der Waals surface area contributed by atoms with Gasteiger partial charge in [-0.3, -0.25) is 0 Å². The number of aromatic nitrogens is 2. The van der Waals surface area contributed by atoms with Crippen LogP contribution >= 0.6 is 11.8 Å². The molecule has 5 nitrogen and oxygen atoms in total. The Bertz CT molecular complexity index is 488. The molecule has 0 unspecified atom stereocenters. The lowest BCUT2D eigenvalue weighted by Gasteiger charge is -2.03. The number of terminal acetylenes is 1. The van der Waals surface area contributed by atoms with Crippen molar-refractivity contribution in [2.24, 2.45) is 0 Å². The van der Waals surface area contributed by atoms with Gasteiger partial charge in [0.2, 0.25) is 0 Å². The highest BCUT2D eigenvalue weighted by Crippen LogP contribution is 2.06. The summed E-state index contributed by atoms with van der Waals surface area (Å²) >= 11 is 1.51. The zero-order valence-corrected chi connectivity index (χ0v) is 11.2. The van der Waals surface area contributed by atoms with E-state index in [1.54, 1.807) is 0 Å². The summed E-state index contributed by atoms with van der Waals surface area (Å²) in [5.74, 6) is 4.38. The molecule has 0 aliphatic rings. The van der Waals surface area contributed by atoms with Gasteiger partial charge >= 0.3 is 0 Å². The van der Waals surface area contributed by atoms with Gasteiger partial charge in [0.15, 0.2) is 5.03 Å². The van der Waals surface area contributed by atoms with E-state index < -0.39 is 10.0 Å². The van der Waals surface area contributed by atoms with Crippen LogP contribution < -0.4 is 4.72 Å². The van der Waals surface area contributed by atoms with E-state index in [2.05, 4.69) is 20.6 Å². The summed E-state index contributed by atoms with van der Waals surface area (Å²) in [6.07, 6.45) is 7.09. The Balaban J connectivity index is 2.49. The maximum Gasteiger partial charge on any atom is 0.257 e. The molecule has 2 N–H and O–H groups in total. The van der Waals surface area contributed by atoms with Gasteiger partial charge in [-0.05, 0) is 0 Å². The van der Waals surface area contributed by atoms with Gasteiger partial charge in [-0.1, -0.05) is 12.8 Å². The maximum atomic E-state index is 11.8. The minimum atomic E-state index is -3.47. The predicted molar refractivity (Wildman–Crippen MR) is 69.3 cm³/mol. The molecule has 0 fully saturated rings. The molecule has 0 saturated heterocycles. The molecule has 0 aliphatic carbocycles. The molecule has 7 heteroatoms. The van der Waals surface area contributed by atoms with Gasteiger partial charge in [0.05, 0.1) is 11.9 Å². The number of nitrogens with one attached hydrogen (secondary N) is 2. The second kappa shape index (κ2) is 6.69. The number of imidazole rings is 1. The summed E-state index contributed by atoms with van der Waals surface area (Å²) in [7, 11) is -3.47. The molecule has 0 radical (unpaired) electrons. The lowest BCUT2D eigenvalue weighted by Crippen LogP contribution is -2.26. The summed E-state index contributed by atoms with van der Waals surface area (Å²) in [6, 6.07) is 0. The molecule has 0 spiro atoms. The lowest BCUT2D eigenvalue weighted by molar-refractivity contribution is 0.580. The normalized spacial score (nSPS) is 11.3. The van der Waals surface area contributed by atoms with Crippen LogP contribution in [0.4, 0.5) is 0 Å². The molecular weight excluding hydrogens is 258 g/mol. The Morgan fingerprint density at radius 1 is 1.65 bits per heavy atom. The predicted octanol–water partition coefficient (Wildman–Crippen LogP) is 0.617. The van der Waals surface area contributed by atoms with Crippen LogP contribution in [0, 0.1) is 12.3 Å². The third-order valence-electron chi connectivity index (χ3n) is 1.95. The van der Waals surface area contributed by atoms with Crippen LogP contribution in [0.15, 0.2) is 11.2 Å². The van der Waals surface area contributed by atoms with Gasteiger partial charge < -0.3 is 4.98 Å². The highest BCUT2D eigenvalue weighted by Gasteiger charge is 2.15. The fraction of sp³-hybridized carbons (Fsp3) is 0.500. The largest absolute Gasteiger partial charge is 0.332 e. The molecule has 0 atom stereocenters. The molecule has 17 heavy (non-hydrogen) atoms. The highest BCUT2D eigenvalue weighted by molar-refractivity contribution is 7.99. The Hall–Kier alpha value is -0.970. The van der Waals surface area contributed by atoms with Gasteiger partial charge in [0, 0.05) is 18.7 Å². The van der Waals surface area contributed by atoms with Crippen LogP contribution in [0.1, 0.15) is 12.7 Å². The van der Waals surface area contributed by atoms with Crippen LogP contribution in [-0.4, -0.2) is 36.4 Å². The van der Waals surface area contributed by atoms with E-state index in [4.69, 9.17) is 6.42 Å². The van der Waals surface area contributed by atoms with Crippen LogP contribution in [0.3, 0.4) is 0 Å². The number of aromatic amines is 1. The topological polar surface area (TPSA) is 74.8 Å². The number of hydrogen-bond donors (Lipinski definition) is 2. The molecule has 1 rings (SSSR count). The Labute approximate surface area is 106 Å². The molecule has 1 aromatic heterocycles. The quantitative estimate of drug-likeness (QED) is 0.564. The highest BCUT2D eigenvalue weighted by atomic mass is 32.2. The van der Waals surface area contributed by atoms with Crippen molar-refractivity contribution in [1.29, 1.82) is 0 Å². The van der Waals surface area contributed by atoms with Gasteiger partial charge in [0.1, 0.15) is 5.82 Å². The number of aryl methyl sites for hydroxylation is 1. The van der Waals surface area contributed by atoms with Crippen molar-refractivity contribution in [3.05, 3.63) is 12.0 Å². The van der Waals surface area contributed by atoms with Gasteiger partial charge in [-0.2, -0.15) is 0 Å². The fourth-order valence-corrected chi connectivity index (χ4v) is 2.72. The van der Waals surface area contributed by atoms with E-state index in [9.17, 15) is 8.42 Å². The van der Waals surface area contributed by atoms with E-state index in [1.807, 2.05) is 6.92 Å². The van der Waals surface area contributed by atoms with E-state index in [0.29, 0.717) is 30.3 Å². The second-order valence-corrected chi connectivity index (χ2v) is 6.04. The molecule has 0 amide bonds. The molecule has 94 valence electrons. The maximum absolute atomic E-state index is 11.8. The van der Waals surface area contributed by atoms with Gasteiger partial charge in [-0.25, -0.2) is 18.1 Å². The van der Waals surface area contributed by atoms with Crippen molar-refractivity contribution in [1.82, 2.24) is 14.7 Å². The zero-order chi connectivity index (χ0) is 12.7. The van der Waals surface area contributed by atoms with Crippen LogP contribution in [-0.2, 0) is 16.4 Å². The number of nitrogens with zero attached hydrogens (tertiary/aromatic N) is 1. The van der Waals surface area contributed by atoms with Crippen molar-refractivity contribution in [2.75, 3.05) is 18.1 Å². The number of hydrogen-bond acceptors (Lipinski definition) is 4. The number of H-pyrrole nitrogens is 1. The standard InChI is InChI=1S/C10H15N3O2S2/c1-3-6-16-7-5-12-17(14,15)10-8-11-9(4-2)13-10/h1,8,12H,4-7H2,2H3,(H,11,13). The first-order chi connectivity index (χ1) is 8.10. The average molecular weight is 273 g/mol. The Morgan fingerprint density at radius 2 is 2.41 bits per heavy atom. The van der Waals surface area contributed by atoms with Gasteiger partial charge in [0.25, 0.3) is 10.0 Å². The Morgan fingerprint density at radius 3 is 3.00 bits per heavy atom. The molecule has 0 aromatic carbocycles. The van der Waals surface area contributed by atoms with Gasteiger partial charge in [-0.15, -0.1) is 18.2 Å². The van der Waals surface area contributed by atoms with Crippen LogP contribution in [0.25, 0.3) is 0 Å². The first-order valence-electron chi connectivity index (χ1n) is 5.15. The average Bonchev–Trinajstić information content (AvgIpc) is 2.78. The number of thioether (sulfide) groups is 1. The number of rotatable bonds is 7. The summed E-state index contributed by atoms with van der Waals surface area (Å²) in [5.41, 5.74) is 0. The Kier molecular flexibility index (Phi) is 5.55. The molecular formula is C10H15N3O2S2. The summed E-state index contributed by atoms with van der Waals surface area (Å²) in [4.78, 5) is 6.71. The molecule has 1 heterocycles. The smallest absolute Gasteiger partial charge is 0.257 e. The van der Waals surface area contributed by atoms with Crippen molar-refractivity contribution >= 4 is 21.8 Å². The van der Waals surface area contributed by atoms with E-state index >= 15 is 0 Å². The number of sulfonamides is 1. The third kappa shape index (κ3) is 4.42. The second-order valence-electron chi connectivity index (χ2n) is 3.20. The van der Waals surface area contributed by atoms with Crippen molar-refractivity contribution in [3.8, 4) is 12.3 Å². The van der Waals surface area contributed by atoms with Crippen molar-refractivity contribution in [3.63, 3.8) is 0 Å². The first-order valence-corrected chi connectivity index (χ1v) is 7.78. The SMILES string of the molecule is C#CCSCCNS(=O)(=O)c1cnc(CC)[nH]1. The van der Waals surface area contributed by atoms with Crippen molar-refractivity contribution in [2.45, 2.75) is 18.4 Å². The summed E-state index contributed by atoms with van der Waals surface area (Å²) < 4.78 is 26.0. The van der Waals surface area contributed by atoms with Crippen LogP contribution in [0.2, 0.25) is 0 Å². The van der Waals surface area contributed by atoms with Crippen LogP contribution in [0.5, 0.6) is 0 Å². The molecule has 0 saturated carbocycles. The van der Waals surface area contributed by atoms with E-state index in [1.165, 1.54) is 18.0 Å². The van der Waals surface area contributed by atoms with E-state index in [-0.39, 0.29) is 5.03 Å². The minimum absolute atomic E-state index is 0.108. The molecule has 1 aromatic rings. The van der Waals surface area contributed by atoms with Crippen molar-refractivity contribution < 1.29 is 8.42 Å². The van der Waals surface area contributed by atoms with E-state index in [0.717, 1.165) is 0 Å². The molecule has 0 aliphatic heterocycles. The fourth-order valence-electron chi connectivity index (χ4n) is 1.12.